The molecule has 19 heavy (non-hydrogen) atoms. The molecular weight excluding hydrogens is 246 g/mol. The molecule has 5 heteroatoms. The first-order valence-electron chi connectivity index (χ1n) is 6.41. The van der Waals surface area contributed by atoms with E-state index in [4.69, 9.17) is 14.6 Å². The quantitative estimate of drug-likeness (QED) is 0.855. The van der Waals surface area contributed by atoms with Crippen molar-refractivity contribution >= 4 is 11.7 Å². The van der Waals surface area contributed by atoms with Crippen LogP contribution < -0.4 is 10.1 Å². The fourth-order valence-corrected chi connectivity index (χ4v) is 2.24. The highest BCUT2D eigenvalue weighted by Gasteiger charge is 2.21. The summed E-state index contributed by atoms with van der Waals surface area (Å²) in [5, 5.41) is 12.2. The molecule has 1 heterocycles. The minimum atomic E-state index is -0.948. The summed E-state index contributed by atoms with van der Waals surface area (Å²) in [7, 11) is 1.56. The van der Waals surface area contributed by atoms with Crippen molar-refractivity contribution in [2.45, 2.75) is 32.0 Å². The summed E-state index contributed by atoms with van der Waals surface area (Å²) in [5.74, 6) is -0.313. The van der Waals surface area contributed by atoms with E-state index in [0.717, 1.165) is 12.8 Å². The highest BCUT2D eigenvalue weighted by Crippen LogP contribution is 2.27. The number of rotatable bonds is 5. The van der Waals surface area contributed by atoms with Crippen molar-refractivity contribution < 1.29 is 19.4 Å². The molecule has 1 aliphatic heterocycles. The van der Waals surface area contributed by atoms with Gasteiger partial charge in [0.05, 0.1) is 30.6 Å². The summed E-state index contributed by atoms with van der Waals surface area (Å²) >= 11 is 0. The van der Waals surface area contributed by atoms with Crippen LogP contribution in [0.5, 0.6) is 5.75 Å². The molecule has 2 unspecified atom stereocenters. The normalized spacial score (nSPS) is 22.2. The minimum Gasteiger partial charge on any atom is -0.495 e. The van der Waals surface area contributed by atoms with Crippen LogP contribution in [0.2, 0.25) is 0 Å². The Bertz CT molecular complexity index is 461. The molecule has 104 valence electrons. The topological polar surface area (TPSA) is 67.8 Å². The van der Waals surface area contributed by atoms with Gasteiger partial charge in [0.2, 0.25) is 0 Å². The van der Waals surface area contributed by atoms with Gasteiger partial charge in [-0.3, -0.25) is 0 Å². The maximum Gasteiger partial charge on any atom is 0.335 e. The average molecular weight is 265 g/mol. The van der Waals surface area contributed by atoms with Crippen LogP contribution >= 0.6 is 0 Å². The third kappa shape index (κ3) is 3.38. The maximum absolute atomic E-state index is 11.0. The lowest BCUT2D eigenvalue weighted by molar-refractivity contribution is 0.0636. The van der Waals surface area contributed by atoms with Crippen molar-refractivity contribution in [3.05, 3.63) is 23.8 Å². The number of methoxy groups -OCH3 is 1. The number of hydrogen-bond donors (Lipinski definition) is 2. The van der Waals surface area contributed by atoms with Crippen LogP contribution in [-0.4, -0.2) is 36.9 Å². The number of ether oxygens (including phenoxy) is 2. The summed E-state index contributed by atoms with van der Waals surface area (Å²) < 4.78 is 10.9. The predicted octanol–water partition coefficient (Wildman–Crippen LogP) is 2.37. The zero-order chi connectivity index (χ0) is 13.8. The molecule has 1 saturated heterocycles. The largest absolute Gasteiger partial charge is 0.495 e. The van der Waals surface area contributed by atoms with Crippen molar-refractivity contribution in [1.82, 2.24) is 0 Å². The Kier molecular flexibility index (Phi) is 4.27. The van der Waals surface area contributed by atoms with E-state index in [-0.39, 0.29) is 11.7 Å². The average Bonchev–Trinajstić information content (AvgIpc) is 2.81. The molecule has 0 radical (unpaired) electrons. The van der Waals surface area contributed by atoms with Gasteiger partial charge >= 0.3 is 5.97 Å². The fraction of sp³-hybridized carbons (Fsp3) is 0.500. The second-order valence-electron chi connectivity index (χ2n) is 4.75. The van der Waals surface area contributed by atoms with Crippen LogP contribution in [0, 0.1) is 0 Å². The van der Waals surface area contributed by atoms with Crippen molar-refractivity contribution in [1.29, 1.82) is 0 Å². The van der Waals surface area contributed by atoms with Crippen molar-refractivity contribution in [3.8, 4) is 5.75 Å². The SMILES string of the molecule is COc1ccc(C(=O)O)cc1NCC1CCC(C)O1. The first-order chi connectivity index (χ1) is 9.10. The van der Waals surface area contributed by atoms with E-state index in [0.29, 0.717) is 24.1 Å². The number of nitrogens with one attached hydrogen (secondary N) is 1. The third-order valence-electron chi connectivity index (χ3n) is 3.29. The number of carboxylic acid groups (broad SMARTS) is 1. The molecule has 0 aromatic heterocycles. The Labute approximate surface area is 112 Å². The van der Waals surface area contributed by atoms with Gasteiger partial charge in [-0.05, 0) is 38.0 Å². The standard InChI is InChI=1S/C14H19NO4/c1-9-3-5-11(19-9)8-15-12-7-10(14(16)17)4-6-13(12)18-2/h4,6-7,9,11,15H,3,5,8H2,1-2H3,(H,16,17). The summed E-state index contributed by atoms with van der Waals surface area (Å²) in [6.07, 6.45) is 2.57. The van der Waals surface area contributed by atoms with Crippen LogP contribution in [0.1, 0.15) is 30.1 Å². The van der Waals surface area contributed by atoms with Crippen LogP contribution in [0.25, 0.3) is 0 Å². The fourth-order valence-electron chi connectivity index (χ4n) is 2.24. The Morgan fingerprint density at radius 3 is 2.89 bits per heavy atom. The molecule has 0 spiro atoms. The van der Waals surface area contributed by atoms with Gasteiger partial charge in [0.1, 0.15) is 5.75 Å². The van der Waals surface area contributed by atoms with Gasteiger partial charge in [-0.2, -0.15) is 0 Å². The van der Waals surface area contributed by atoms with E-state index in [1.165, 1.54) is 6.07 Å². The highest BCUT2D eigenvalue weighted by molar-refractivity contribution is 5.89. The second kappa shape index (κ2) is 5.93. The van der Waals surface area contributed by atoms with Crippen molar-refractivity contribution in [3.63, 3.8) is 0 Å². The summed E-state index contributed by atoms with van der Waals surface area (Å²) in [5.41, 5.74) is 0.926. The highest BCUT2D eigenvalue weighted by atomic mass is 16.5. The molecule has 0 saturated carbocycles. The zero-order valence-corrected chi connectivity index (χ0v) is 11.2. The van der Waals surface area contributed by atoms with E-state index >= 15 is 0 Å². The number of hydrogen-bond acceptors (Lipinski definition) is 4. The number of aromatic carboxylic acids is 1. The Morgan fingerprint density at radius 1 is 1.53 bits per heavy atom. The molecule has 0 amide bonds. The minimum absolute atomic E-state index is 0.174. The lowest BCUT2D eigenvalue weighted by atomic mass is 10.1. The van der Waals surface area contributed by atoms with E-state index in [9.17, 15) is 4.79 Å². The molecule has 1 aliphatic rings. The summed E-state index contributed by atoms with van der Waals surface area (Å²) in [6, 6.07) is 4.77. The molecule has 0 bridgehead atoms. The summed E-state index contributed by atoms with van der Waals surface area (Å²) in [6.45, 7) is 2.72. The Morgan fingerprint density at radius 2 is 2.32 bits per heavy atom. The maximum atomic E-state index is 11.0. The van der Waals surface area contributed by atoms with Gasteiger partial charge in [-0.1, -0.05) is 0 Å². The van der Waals surface area contributed by atoms with Gasteiger partial charge in [0.25, 0.3) is 0 Å². The second-order valence-corrected chi connectivity index (χ2v) is 4.75. The van der Waals surface area contributed by atoms with E-state index in [1.807, 2.05) is 0 Å². The number of carbonyl (C=O) groups is 1. The number of anilines is 1. The third-order valence-corrected chi connectivity index (χ3v) is 3.29. The smallest absolute Gasteiger partial charge is 0.335 e. The summed E-state index contributed by atoms with van der Waals surface area (Å²) in [4.78, 5) is 11.0. The van der Waals surface area contributed by atoms with Gasteiger partial charge in [0.15, 0.2) is 0 Å². The van der Waals surface area contributed by atoms with Crippen molar-refractivity contribution in [2.24, 2.45) is 0 Å². The molecule has 2 atom stereocenters. The lowest BCUT2D eigenvalue weighted by Crippen LogP contribution is -2.20. The molecule has 1 aromatic rings. The van der Waals surface area contributed by atoms with Crippen LogP contribution in [0.3, 0.4) is 0 Å². The van der Waals surface area contributed by atoms with Crippen LogP contribution in [0.15, 0.2) is 18.2 Å². The lowest BCUT2D eigenvalue weighted by Gasteiger charge is -2.15. The molecule has 5 nitrogen and oxygen atoms in total. The van der Waals surface area contributed by atoms with Gasteiger partial charge < -0.3 is 19.9 Å². The predicted molar refractivity (Wildman–Crippen MR) is 72.0 cm³/mol. The monoisotopic (exact) mass is 265 g/mol. The van der Waals surface area contributed by atoms with Crippen molar-refractivity contribution in [2.75, 3.05) is 19.0 Å². The van der Waals surface area contributed by atoms with E-state index in [1.54, 1.807) is 19.2 Å². The van der Waals surface area contributed by atoms with E-state index < -0.39 is 5.97 Å². The molecule has 2 N–H and O–H groups in total. The Balaban J connectivity index is 2.05. The number of carboxylic acids is 1. The molecule has 0 aliphatic carbocycles. The van der Waals surface area contributed by atoms with Gasteiger partial charge in [0, 0.05) is 6.54 Å². The molecular formula is C14H19NO4. The van der Waals surface area contributed by atoms with Crippen LogP contribution in [-0.2, 0) is 4.74 Å². The zero-order valence-electron chi connectivity index (χ0n) is 11.2. The Hall–Kier alpha value is -1.75. The van der Waals surface area contributed by atoms with Crippen LogP contribution in [0.4, 0.5) is 5.69 Å². The number of benzene rings is 1. The molecule has 1 aromatic carbocycles. The van der Waals surface area contributed by atoms with E-state index in [2.05, 4.69) is 12.2 Å². The first kappa shape index (κ1) is 13.7. The van der Waals surface area contributed by atoms with Gasteiger partial charge in [-0.15, -0.1) is 0 Å². The first-order valence-corrected chi connectivity index (χ1v) is 6.41. The molecule has 2 rings (SSSR count). The molecule has 1 fully saturated rings. The van der Waals surface area contributed by atoms with Gasteiger partial charge in [-0.25, -0.2) is 4.79 Å².